The predicted octanol–water partition coefficient (Wildman–Crippen LogP) is 4.02. The van der Waals surface area contributed by atoms with Crippen LogP contribution >= 0.6 is 11.3 Å². The van der Waals surface area contributed by atoms with Crippen LogP contribution in [0.15, 0.2) is 42.7 Å². The van der Waals surface area contributed by atoms with Gasteiger partial charge in [-0.05, 0) is 18.1 Å². The van der Waals surface area contributed by atoms with Gasteiger partial charge in [0.2, 0.25) is 0 Å². The van der Waals surface area contributed by atoms with Gasteiger partial charge in [-0.1, -0.05) is 43.7 Å². The summed E-state index contributed by atoms with van der Waals surface area (Å²) in [6.45, 7) is 1.96. The molecule has 2 N–H and O–H groups in total. The highest BCUT2D eigenvalue weighted by Gasteiger charge is 2.18. The Morgan fingerprint density at radius 1 is 1.30 bits per heavy atom. The molecule has 2 heterocycles. The Kier molecular flexibility index (Phi) is 4.52. The van der Waals surface area contributed by atoms with E-state index in [1.54, 1.807) is 11.3 Å². The SMILES string of the molecule is CCCC(Nc1ncnc2sc(-c3ccccc3)cc12)C(=O)O. The third-order valence-electron chi connectivity index (χ3n) is 3.57. The molecule has 0 fully saturated rings. The number of carbonyl (C=O) groups is 1. The average Bonchev–Trinajstić information content (AvgIpc) is 3.00. The van der Waals surface area contributed by atoms with Gasteiger partial charge in [0.05, 0.1) is 5.39 Å². The molecular weight excluding hydrogens is 310 g/mol. The van der Waals surface area contributed by atoms with Gasteiger partial charge in [0.1, 0.15) is 23.0 Å². The van der Waals surface area contributed by atoms with Crippen LogP contribution in [0.1, 0.15) is 19.8 Å². The Labute approximate surface area is 138 Å². The molecule has 2 aromatic heterocycles. The lowest BCUT2D eigenvalue weighted by molar-refractivity contribution is -0.138. The lowest BCUT2D eigenvalue weighted by Gasteiger charge is -2.14. The molecule has 6 heteroatoms. The maximum atomic E-state index is 11.4. The highest BCUT2D eigenvalue weighted by atomic mass is 32.1. The van der Waals surface area contributed by atoms with E-state index >= 15 is 0 Å². The van der Waals surface area contributed by atoms with Crippen molar-refractivity contribution >= 4 is 33.3 Å². The van der Waals surface area contributed by atoms with E-state index < -0.39 is 12.0 Å². The molecule has 0 bridgehead atoms. The number of hydrogen-bond acceptors (Lipinski definition) is 5. The Hall–Kier alpha value is -2.47. The fourth-order valence-electron chi connectivity index (χ4n) is 2.43. The largest absolute Gasteiger partial charge is 0.480 e. The molecule has 1 atom stereocenters. The number of thiophene rings is 1. The first-order chi connectivity index (χ1) is 11.2. The summed E-state index contributed by atoms with van der Waals surface area (Å²) in [7, 11) is 0. The normalized spacial score (nSPS) is 12.2. The fraction of sp³-hybridized carbons (Fsp3) is 0.235. The maximum Gasteiger partial charge on any atom is 0.326 e. The van der Waals surface area contributed by atoms with Gasteiger partial charge in [0.25, 0.3) is 0 Å². The number of nitrogens with one attached hydrogen (secondary N) is 1. The molecule has 3 rings (SSSR count). The van der Waals surface area contributed by atoms with Crippen molar-refractivity contribution in [1.29, 1.82) is 0 Å². The van der Waals surface area contributed by atoms with E-state index in [-0.39, 0.29) is 0 Å². The number of carboxylic acids is 1. The van der Waals surface area contributed by atoms with Gasteiger partial charge >= 0.3 is 5.97 Å². The minimum atomic E-state index is -0.864. The predicted molar refractivity (Wildman–Crippen MR) is 92.8 cm³/mol. The van der Waals surface area contributed by atoms with Crippen molar-refractivity contribution in [3.63, 3.8) is 0 Å². The summed E-state index contributed by atoms with van der Waals surface area (Å²) in [5, 5.41) is 13.2. The molecular formula is C17H17N3O2S. The number of hydrogen-bond donors (Lipinski definition) is 2. The molecule has 0 saturated carbocycles. The monoisotopic (exact) mass is 327 g/mol. The third kappa shape index (κ3) is 3.32. The Morgan fingerprint density at radius 3 is 2.78 bits per heavy atom. The molecule has 0 aliphatic rings. The quantitative estimate of drug-likeness (QED) is 0.715. The van der Waals surface area contributed by atoms with Gasteiger partial charge in [-0.25, -0.2) is 14.8 Å². The van der Waals surface area contributed by atoms with Crippen LogP contribution < -0.4 is 5.32 Å². The smallest absolute Gasteiger partial charge is 0.326 e. The zero-order valence-electron chi connectivity index (χ0n) is 12.7. The number of anilines is 1. The number of carboxylic acid groups (broad SMARTS) is 1. The van der Waals surface area contributed by atoms with Gasteiger partial charge in [0.15, 0.2) is 0 Å². The molecule has 5 nitrogen and oxygen atoms in total. The molecule has 3 aromatic rings. The van der Waals surface area contributed by atoms with E-state index in [0.717, 1.165) is 27.1 Å². The van der Waals surface area contributed by atoms with Crippen LogP contribution in [0.25, 0.3) is 20.7 Å². The first-order valence-electron chi connectivity index (χ1n) is 7.48. The molecule has 118 valence electrons. The fourth-order valence-corrected chi connectivity index (χ4v) is 3.43. The zero-order chi connectivity index (χ0) is 16.2. The lowest BCUT2D eigenvalue weighted by atomic mass is 10.1. The van der Waals surface area contributed by atoms with Crippen LogP contribution in [0.5, 0.6) is 0 Å². The van der Waals surface area contributed by atoms with Gasteiger partial charge in [-0.2, -0.15) is 0 Å². The topological polar surface area (TPSA) is 75.1 Å². The van der Waals surface area contributed by atoms with Crippen molar-refractivity contribution in [2.24, 2.45) is 0 Å². The third-order valence-corrected chi connectivity index (χ3v) is 4.67. The van der Waals surface area contributed by atoms with Crippen molar-refractivity contribution in [2.45, 2.75) is 25.8 Å². The molecule has 1 unspecified atom stereocenters. The van der Waals surface area contributed by atoms with Crippen LogP contribution in [-0.2, 0) is 4.79 Å². The molecule has 0 aliphatic carbocycles. The van der Waals surface area contributed by atoms with Crippen molar-refractivity contribution in [3.05, 3.63) is 42.7 Å². The molecule has 1 aromatic carbocycles. The number of benzene rings is 1. The zero-order valence-corrected chi connectivity index (χ0v) is 13.5. The summed E-state index contributed by atoms with van der Waals surface area (Å²) < 4.78 is 0. The summed E-state index contributed by atoms with van der Waals surface area (Å²) in [5.41, 5.74) is 1.12. The van der Waals surface area contributed by atoms with Crippen LogP contribution in [-0.4, -0.2) is 27.1 Å². The summed E-state index contributed by atoms with van der Waals surface area (Å²) in [6.07, 6.45) is 2.81. The number of aromatic nitrogens is 2. The standard InChI is InChI=1S/C17H17N3O2S/c1-2-6-13(17(21)22)20-15-12-9-14(11-7-4-3-5-8-11)23-16(12)19-10-18-15/h3-5,7-10,13H,2,6H2,1H3,(H,21,22)(H,18,19,20). The van der Waals surface area contributed by atoms with Crippen LogP contribution in [0.4, 0.5) is 5.82 Å². The molecule has 0 saturated heterocycles. The van der Waals surface area contributed by atoms with Gasteiger partial charge in [-0.15, -0.1) is 11.3 Å². The van der Waals surface area contributed by atoms with Crippen LogP contribution in [0, 0.1) is 0 Å². The summed E-state index contributed by atoms with van der Waals surface area (Å²) in [6, 6.07) is 11.4. The number of aliphatic carboxylic acids is 1. The van der Waals surface area contributed by atoms with E-state index in [9.17, 15) is 9.90 Å². The Balaban J connectivity index is 1.98. The lowest BCUT2D eigenvalue weighted by Crippen LogP contribution is -2.29. The van der Waals surface area contributed by atoms with Crippen molar-refractivity contribution in [1.82, 2.24) is 9.97 Å². The number of fused-ring (bicyclic) bond motifs is 1. The van der Waals surface area contributed by atoms with E-state index in [1.165, 1.54) is 6.33 Å². The molecule has 0 aliphatic heterocycles. The summed E-state index contributed by atoms with van der Waals surface area (Å²) in [4.78, 5) is 21.8. The first-order valence-corrected chi connectivity index (χ1v) is 8.30. The van der Waals surface area contributed by atoms with E-state index in [4.69, 9.17) is 0 Å². The highest BCUT2D eigenvalue weighted by Crippen LogP contribution is 2.35. The van der Waals surface area contributed by atoms with E-state index in [1.807, 2.05) is 43.3 Å². The molecule has 0 amide bonds. The van der Waals surface area contributed by atoms with Crippen molar-refractivity contribution in [3.8, 4) is 10.4 Å². The summed E-state index contributed by atoms with van der Waals surface area (Å²) >= 11 is 1.57. The van der Waals surface area contributed by atoms with Crippen molar-refractivity contribution < 1.29 is 9.90 Å². The minimum absolute atomic E-state index is 0.552. The number of nitrogens with zero attached hydrogens (tertiary/aromatic N) is 2. The average molecular weight is 327 g/mol. The van der Waals surface area contributed by atoms with Crippen LogP contribution in [0.2, 0.25) is 0 Å². The van der Waals surface area contributed by atoms with E-state index in [2.05, 4.69) is 15.3 Å². The minimum Gasteiger partial charge on any atom is -0.480 e. The second-order valence-corrected chi connectivity index (χ2v) is 6.27. The van der Waals surface area contributed by atoms with E-state index in [0.29, 0.717) is 12.2 Å². The Bertz CT molecular complexity index is 817. The van der Waals surface area contributed by atoms with Gasteiger partial charge < -0.3 is 10.4 Å². The van der Waals surface area contributed by atoms with Crippen molar-refractivity contribution in [2.75, 3.05) is 5.32 Å². The number of rotatable bonds is 6. The molecule has 23 heavy (non-hydrogen) atoms. The molecule has 0 radical (unpaired) electrons. The first kappa shape index (κ1) is 15.4. The molecule has 0 spiro atoms. The summed E-state index contributed by atoms with van der Waals surface area (Å²) in [5.74, 6) is -0.286. The van der Waals surface area contributed by atoms with Gasteiger partial charge in [0, 0.05) is 4.88 Å². The maximum absolute atomic E-state index is 11.4. The second kappa shape index (κ2) is 6.75. The van der Waals surface area contributed by atoms with Gasteiger partial charge in [-0.3, -0.25) is 0 Å². The highest BCUT2D eigenvalue weighted by molar-refractivity contribution is 7.21. The van der Waals surface area contributed by atoms with Crippen LogP contribution in [0.3, 0.4) is 0 Å². The second-order valence-electron chi connectivity index (χ2n) is 5.24. The Morgan fingerprint density at radius 2 is 2.09 bits per heavy atom.